The van der Waals surface area contributed by atoms with Gasteiger partial charge >= 0.3 is 5.97 Å². The minimum Gasteiger partial charge on any atom is -0.480 e. The normalized spacial score (nSPS) is 13.4. The van der Waals surface area contributed by atoms with Crippen molar-refractivity contribution in [3.63, 3.8) is 0 Å². The number of aromatic nitrogens is 1. The Labute approximate surface area is 105 Å². The molecule has 0 amide bonds. The molecule has 4 nitrogen and oxygen atoms in total. The summed E-state index contributed by atoms with van der Waals surface area (Å²) < 4.78 is 0. The van der Waals surface area contributed by atoms with Gasteiger partial charge in [0.1, 0.15) is 6.04 Å². The van der Waals surface area contributed by atoms with Crippen LogP contribution in [0.25, 0.3) is 0 Å². The molecule has 17 heavy (non-hydrogen) atoms. The number of carboxylic acid groups (broad SMARTS) is 1. The third kappa shape index (κ3) is 3.64. The molecule has 0 saturated carbocycles. The van der Waals surface area contributed by atoms with Crippen molar-refractivity contribution in [2.75, 3.05) is 6.54 Å². The van der Waals surface area contributed by atoms with Crippen LogP contribution in [0.3, 0.4) is 0 Å². The Kier molecular flexibility index (Phi) is 4.42. The summed E-state index contributed by atoms with van der Waals surface area (Å²) in [6, 6.07) is -0.764. The van der Waals surface area contributed by atoms with Gasteiger partial charge in [0.2, 0.25) is 0 Å². The van der Waals surface area contributed by atoms with Crippen LogP contribution in [0, 0.1) is 0 Å². The first-order valence-electron chi connectivity index (χ1n) is 5.39. The van der Waals surface area contributed by atoms with Crippen molar-refractivity contribution in [3.8, 4) is 0 Å². The molecule has 0 radical (unpaired) electrons. The van der Waals surface area contributed by atoms with Crippen LogP contribution in [0.5, 0.6) is 0 Å². The van der Waals surface area contributed by atoms with Crippen LogP contribution in [0.4, 0.5) is 0 Å². The molecule has 1 atom stereocenters. The van der Waals surface area contributed by atoms with Crippen LogP contribution in [-0.4, -0.2) is 22.6 Å². The number of hydrogen-bond donors (Lipinski definition) is 2. The van der Waals surface area contributed by atoms with Gasteiger partial charge in [0.25, 0.3) is 0 Å². The predicted octanol–water partition coefficient (Wildman–Crippen LogP) is 2.34. The largest absolute Gasteiger partial charge is 0.480 e. The number of aliphatic carboxylic acids is 1. The van der Waals surface area contributed by atoms with Crippen molar-refractivity contribution in [1.82, 2.24) is 10.3 Å². The van der Waals surface area contributed by atoms with E-state index in [9.17, 15) is 4.79 Å². The SMILES string of the molecule is C=CCNC(C(=O)O)c1csc(C(C)(C)C)n1. The summed E-state index contributed by atoms with van der Waals surface area (Å²) in [6.45, 7) is 10.2. The average Bonchev–Trinajstić information content (AvgIpc) is 2.66. The fourth-order valence-electron chi connectivity index (χ4n) is 1.28. The highest BCUT2D eigenvalue weighted by molar-refractivity contribution is 7.09. The van der Waals surface area contributed by atoms with Crippen molar-refractivity contribution in [2.45, 2.75) is 32.2 Å². The maximum Gasteiger partial charge on any atom is 0.327 e. The van der Waals surface area contributed by atoms with Crippen molar-refractivity contribution >= 4 is 17.3 Å². The Bertz CT molecular complexity index is 407. The zero-order valence-corrected chi connectivity index (χ0v) is 11.2. The number of rotatable bonds is 5. The standard InChI is InChI=1S/C12H18N2O2S/c1-5-6-13-9(10(15)16)8-7-17-11(14-8)12(2,3)4/h5,7,9,13H,1,6H2,2-4H3,(H,15,16). The molecule has 0 bridgehead atoms. The van der Waals surface area contributed by atoms with Gasteiger partial charge < -0.3 is 5.11 Å². The second-order valence-electron chi connectivity index (χ2n) is 4.80. The number of hydrogen-bond acceptors (Lipinski definition) is 4. The van der Waals surface area contributed by atoms with E-state index >= 15 is 0 Å². The lowest BCUT2D eigenvalue weighted by Crippen LogP contribution is -2.29. The molecule has 0 aliphatic carbocycles. The fourth-order valence-corrected chi connectivity index (χ4v) is 2.22. The summed E-state index contributed by atoms with van der Waals surface area (Å²) in [5.41, 5.74) is 0.513. The van der Waals surface area contributed by atoms with E-state index in [2.05, 4.69) is 37.7 Å². The highest BCUT2D eigenvalue weighted by atomic mass is 32.1. The van der Waals surface area contributed by atoms with Gasteiger partial charge in [0, 0.05) is 17.3 Å². The topological polar surface area (TPSA) is 62.2 Å². The molecule has 1 unspecified atom stereocenters. The summed E-state index contributed by atoms with van der Waals surface area (Å²) in [5.74, 6) is -0.919. The maximum atomic E-state index is 11.1. The van der Waals surface area contributed by atoms with Crippen molar-refractivity contribution in [2.24, 2.45) is 0 Å². The Balaban J connectivity index is 2.92. The van der Waals surface area contributed by atoms with Gasteiger partial charge in [0.05, 0.1) is 10.7 Å². The van der Waals surface area contributed by atoms with E-state index in [1.54, 1.807) is 11.5 Å². The summed E-state index contributed by atoms with van der Waals surface area (Å²) in [6.07, 6.45) is 1.63. The molecule has 0 fully saturated rings. The third-order valence-corrected chi connectivity index (χ3v) is 3.46. The van der Waals surface area contributed by atoms with Gasteiger partial charge in [-0.1, -0.05) is 26.8 Å². The first-order valence-corrected chi connectivity index (χ1v) is 6.27. The monoisotopic (exact) mass is 254 g/mol. The summed E-state index contributed by atoms with van der Waals surface area (Å²) in [5, 5.41) is 14.8. The first kappa shape index (κ1) is 13.9. The van der Waals surface area contributed by atoms with E-state index in [0.717, 1.165) is 5.01 Å². The van der Waals surface area contributed by atoms with Crippen LogP contribution in [0.1, 0.15) is 37.5 Å². The molecule has 0 aliphatic heterocycles. The van der Waals surface area contributed by atoms with Gasteiger partial charge in [-0.3, -0.25) is 10.1 Å². The zero-order valence-electron chi connectivity index (χ0n) is 10.4. The minimum atomic E-state index is -0.919. The zero-order chi connectivity index (χ0) is 13.1. The number of nitrogens with one attached hydrogen (secondary N) is 1. The minimum absolute atomic E-state index is 0.0512. The molecule has 0 aromatic carbocycles. The second-order valence-corrected chi connectivity index (χ2v) is 5.65. The molecule has 0 aliphatic rings. The number of nitrogens with zero attached hydrogens (tertiary/aromatic N) is 1. The van der Waals surface area contributed by atoms with Gasteiger partial charge in [-0.2, -0.15) is 0 Å². The number of thiazole rings is 1. The molecule has 94 valence electrons. The molecule has 5 heteroatoms. The molecule has 1 rings (SSSR count). The number of carbonyl (C=O) groups is 1. The molecule has 0 saturated heterocycles. The van der Waals surface area contributed by atoms with Crippen LogP contribution >= 0.6 is 11.3 Å². The van der Waals surface area contributed by atoms with E-state index in [-0.39, 0.29) is 5.41 Å². The first-order chi connectivity index (χ1) is 7.86. The van der Waals surface area contributed by atoms with Crippen LogP contribution in [0.2, 0.25) is 0 Å². The Morgan fingerprint density at radius 3 is 2.76 bits per heavy atom. The van der Waals surface area contributed by atoms with Gasteiger partial charge in [-0.05, 0) is 0 Å². The van der Waals surface area contributed by atoms with Crippen LogP contribution in [0.15, 0.2) is 18.0 Å². The highest BCUT2D eigenvalue weighted by Crippen LogP contribution is 2.27. The van der Waals surface area contributed by atoms with Crippen LogP contribution < -0.4 is 5.32 Å². The Morgan fingerprint density at radius 1 is 1.71 bits per heavy atom. The lowest BCUT2D eigenvalue weighted by molar-refractivity contribution is -0.139. The molecule has 1 heterocycles. The Morgan fingerprint density at radius 2 is 2.35 bits per heavy atom. The lowest BCUT2D eigenvalue weighted by atomic mass is 9.98. The lowest BCUT2D eigenvalue weighted by Gasteiger charge is -2.14. The number of carboxylic acids is 1. The van der Waals surface area contributed by atoms with E-state index in [4.69, 9.17) is 5.11 Å². The highest BCUT2D eigenvalue weighted by Gasteiger charge is 2.25. The predicted molar refractivity (Wildman–Crippen MR) is 69.4 cm³/mol. The van der Waals surface area contributed by atoms with E-state index in [1.165, 1.54) is 11.3 Å². The fraction of sp³-hybridized carbons (Fsp3) is 0.500. The van der Waals surface area contributed by atoms with Crippen molar-refractivity contribution in [1.29, 1.82) is 0 Å². The van der Waals surface area contributed by atoms with E-state index < -0.39 is 12.0 Å². The summed E-state index contributed by atoms with van der Waals surface area (Å²) in [4.78, 5) is 15.5. The molecule has 2 N–H and O–H groups in total. The second kappa shape index (κ2) is 5.42. The quantitative estimate of drug-likeness (QED) is 0.792. The van der Waals surface area contributed by atoms with Crippen molar-refractivity contribution < 1.29 is 9.90 Å². The summed E-state index contributed by atoms with van der Waals surface area (Å²) >= 11 is 1.50. The average molecular weight is 254 g/mol. The summed E-state index contributed by atoms with van der Waals surface area (Å²) in [7, 11) is 0. The van der Waals surface area contributed by atoms with E-state index in [1.807, 2.05) is 0 Å². The molecular weight excluding hydrogens is 236 g/mol. The van der Waals surface area contributed by atoms with E-state index in [0.29, 0.717) is 12.2 Å². The third-order valence-electron chi connectivity index (χ3n) is 2.17. The molecular formula is C12H18N2O2S. The molecule has 1 aromatic rings. The molecule has 1 aromatic heterocycles. The van der Waals surface area contributed by atoms with Gasteiger partial charge in [0.15, 0.2) is 0 Å². The van der Waals surface area contributed by atoms with Crippen molar-refractivity contribution in [3.05, 3.63) is 28.7 Å². The Hall–Kier alpha value is -1.20. The maximum absolute atomic E-state index is 11.1. The molecule has 0 spiro atoms. The van der Waals surface area contributed by atoms with Gasteiger partial charge in [-0.25, -0.2) is 4.98 Å². The van der Waals surface area contributed by atoms with Gasteiger partial charge in [-0.15, -0.1) is 17.9 Å². The smallest absolute Gasteiger partial charge is 0.327 e. The van der Waals surface area contributed by atoms with Crippen LogP contribution in [-0.2, 0) is 10.2 Å².